The Bertz CT molecular complexity index is 1010. The number of fused-ring (bicyclic) bond motifs is 1. The highest BCUT2D eigenvalue weighted by Gasteiger charge is 2.50. The summed E-state index contributed by atoms with van der Waals surface area (Å²) < 4.78 is 17.5. The summed E-state index contributed by atoms with van der Waals surface area (Å²) in [6.45, 7) is 7.63. The van der Waals surface area contributed by atoms with Gasteiger partial charge in [0.25, 0.3) is 5.91 Å². The van der Waals surface area contributed by atoms with Crippen molar-refractivity contribution in [2.24, 2.45) is 11.1 Å². The molecular formula is C23H30BrN3O5. The van der Waals surface area contributed by atoms with Crippen molar-refractivity contribution in [2.75, 3.05) is 34.0 Å². The van der Waals surface area contributed by atoms with E-state index in [-0.39, 0.29) is 11.8 Å². The molecule has 1 aliphatic rings. The summed E-state index contributed by atoms with van der Waals surface area (Å²) in [7, 11) is 3.15. The van der Waals surface area contributed by atoms with Crippen LogP contribution in [0.2, 0.25) is 0 Å². The molecule has 1 N–H and O–H groups in total. The van der Waals surface area contributed by atoms with Crippen molar-refractivity contribution in [1.82, 2.24) is 10.3 Å². The first-order valence-corrected chi connectivity index (χ1v) is 11.5. The van der Waals surface area contributed by atoms with Gasteiger partial charge in [-0.3, -0.25) is 9.78 Å². The van der Waals surface area contributed by atoms with Gasteiger partial charge in [0.1, 0.15) is 5.52 Å². The van der Waals surface area contributed by atoms with Crippen LogP contribution in [0, 0.1) is 5.92 Å². The van der Waals surface area contributed by atoms with E-state index < -0.39 is 5.60 Å². The average Bonchev–Trinajstić information content (AvgIpc) is 3.24. The minimum absolute atomic E-state index is 0.0974. The van der Waals surface area contributed by atoms with Crippen molar-refractivity contribution < 1.29 is 23.8 Å². The number of benzene rings is 1. The summed E-state index contributed by atoms with van der Waals surface area (Å²) in [4.78, 5) is 23.4. The third-order valence-electron chi connectivity index (χ3n) is 5.59. The molecule has 1 aromatic carbocycles. The minimum atomic E-state index is -1.09. The number of nitrogens with one attached hydrogen (secondary N) is 1. The number of methoxy groups -OCH3 is 2. The molecule has 0 bridgehead atoms. The van der Waals surface area contributed by atoms with Crippen molar-refractivity contribution in [2.45, 2.75) is 39.2 Å². The molecule has 2 heterocycles. The van der Waals surface area contributed by atoms with E-state index in [2.05, 4.69) is 31.4 Å². The fraction of sp³-hybridized carbons (Fsp3) is 0.522. The van der Waals surface area contributed by atoms with Crippen LogP contribution in [0.5, 0.6) is 11.5 Å². The Balaban J connectivity index is 1.91. The molecular weight excluding hydrogens is 478 g/mol. The lowest BCUT2D eigenvalue weighted by atomic mass is 9.83. The largest absolute Gasteiger partial charge is 0.492 e. The number of hydrogen-bond donors (Lipinski definition) is 1. The number of ether oxygens (including phenoxy) is 3. The van der Waals surface area contributed by atoms with Gasteiger partial charge in [-0.25, -0.2) is 0 Å². The highest BCUT2D eigenvalue weighted by atomic mass is 79.9. The number of rotatable bonds is 10. The number of aromatic nitrogens is 1. The SMILES string of the molecule is CCOCCCNC(=O)C1(C(C)C)CC(c2cc3cc(Br)cnc3c(OC)c2OC)=NO1. The van der Waals surface area contributed by atoms with Gasteiger partial charge in [0, 0.05) is 53.7 Å². The first kappa shape index (κ1) is 24.3. The first-order valence-electron chi connectivity index (χ1n) is 10.7. The predicted octanol–water partition coefficient (Wildman–Crippen LogP) is 4.08. The molecule has 1 atom stereocenters. The highest BCUT2D eigenvalue weighted by molar-refractivity contribution is 9.10. The van der Waals surface area contributed by atoms with Crippen LogP contribution < -0.4 is 14.8 Å². The highest BCUT2D eigenvalue weighted by Crippen LogP contribution is 2.42. The molecule has 0 saturated heterocycles. The topological polar surface area (TPSA) is 91.3 Å². The van der Waals surface area contributed by atoms with E-state index in [9.17, 15) is 4.79 Å². The minimum Gasteiger partial charge on any atom is -0.492 e. The van der Waals surface area contributed by atoms with E-state index in [4.69, 9.17) is 19.0 Å². The number of oxime groups is 1. The molecule has 174 valence electrons. The molecule has 0 spiro atoms. The monoisotopic (exact) mass is 507 g/mol. The van der Waals surface area contributed by atoms with Crippen molar-refractivity contribution in [1.29, 1.82) is 0 Å². The Labute approximate surface area is 196 Å². The van der Waals surface area contributed by atoms with E-state index in [0.29, 0.717) is 54.5 Å². The second-order valence-electron chi connectivity index (χ2n) is 7.87. The number of hydrogen-bond acceptors (Lipinski definition) is 7. The smallest absolute Gasteiger partial charge is 0.267 e. The standard InChI is InChI=1S/C23H30BrN3O5/c1-6-31-9-7-8-25-22(28)23(14(2)3)12-18(27-32-23)17-11-15-10-16(24)13-26-19(15)21(30-5)20(17)29-4/h10-11,13-14H,6-9,12H2,1-5H3,(H,25,28). The number of halogens is 1. The van der Waals surface area contributed by atoms with Crippen molar-refractivity contribution in [3.05, 3.63) is 28.4 Å². The zero-order valence-electron chi connectivity index (χ0n) is 19.2. The molecule has 0 saturated carbocycles. The number of carbonyl (C=O) groups excluding carboxylic acids is 1. The number of pyridine rings is 1. The van der Waals surface area contributed by atoms with E-state index in [1.54, 1.807) is 20.4 Å². The second-order valence-corrected chi connectivity index (χ2v) is 8.79. The molecule has 0 fully saturated rings. The summed E-state index contributed by atoms with van der Waals surface area (Å²) in [5.74, 6) is 0.741. The van der Waals surface area contributed by atoms with Crippen LogP contribution in [0.1, 0.15) is 39.2 Å². The van der Waals surface area contributed by atoms with Crippen molar-refractivity contribution >= 4 is 38.5 Å². The summed E-state index contributed by atoms with van der Waals surface area (Å²) in [5, 5.41) is 8.17. The van der Waals surface area contributed by atoms with Crippen LogP contribution in [-0.4, -0.2) is 56.2 Å². The second kappa shape index (κ2) is 10.5. The maximum absolute atomic E-state index is 13.1. The summed E-state index contributed by atoms with van der Waals surface area (Å²) >= 11 is 3.47. The van der Waals surface area contributed by atoms with Crippen LogP contribution in [0.3, 0.4) is 0 Å². The molecule has 2 aromatic rings. The fourth-order valence-corrected chi connectivity index (χ4v) is 4.12. The van der Waals surface area contributed by atoms with Crippen molar-refractivity contribution in [3.63, 3.8) is 0 Å². The molecule has 1 aliphatic heterocycles. The molecule has 1 amide bonds. The Kier molecular flexibility index (Phi) is 7.95. The molecule has 1 aromatic heterocycles. The molecule has 0 aliphatic carbocycles. The lowest BCUT2D eigenvalue weighted by Gasteiger charge is -2.29. The summed E-state index contributed by atoms with van der Waals surface area (Å²) in [5.41, 5.74) is 0.922. The van der Waals surface area contributed by atoms with Gasteiger partial charge in [-0.05, 0) is 41.4 Å². The van der Waals surface area contributed by atoms with Crippen LogP contribution >= 0.6 is 15.9 Å². The zero-order chi connectivity index (χ0) is 23.3. The van der Waals surface area contributed by atoms with Gasteiger partial charge in [-0.15, -0.1) is 0 Å². The lowest BCUT2D eigenvalue weighted by molar-refractivity contribution is -0.149. The van der Waals surface area contributed by atoms with E-state index in [1.165, 1.54) is 0 Å². The Hall–Kier alpha value is -2.39. The number of amides is 1. The van der Waals surface area contributed by atoms with Gasteiger partial charge in [0.15, 0.2) is 11.5 Å². The van der Waals surface area contributed by atoms with Gasteiger partial charge in [-0.1, -0.05) is 19.0 Å². The van der Waals surface area contributed by atoms with Crippen LogP contribution in [0.15, 0.2) is 28.0 Å². The Morgan fingerprint density at radius 2 is 2.03 bits per heavy atom. The Morgan fingerprint density at radius 3 is 2.69 bits per heavy atom. The van der Waals surface area contributed by atoms with Gasteiger partial charge < -0.3 is 24.4 Å². The number of nitrogens with zero attached hydrogens (tertiary/aromatic N) is 2. The van der Waals surface area contributed by atoms with Crippen LogP contribution in [-0.2, 0) is 14.4 Å². The van der Waals surface area contributed by atoms with Crippen LogP contribution in [0.4, 0.5) is 0 Å². The van der Waals surface area contributed by atoms with E-state index >= 15 is 0 Å². The maximum Gasteiger partial charge on any atom is 0.267 e. The summed E-state index contributed by atoms with van der Waals surface area (Å²) in [6.07, 6.45) is 2.76. The zero-order valence-corrected chi connectivity index (χ0v) is 20.7. The summed E-state index contributed by atoms with van der Waals surface area (Å²) in [6, 6.07) is 3.89. The quantitative estimate of drug-likeness (QED) is 0.487. The van der Waals surface area contributed by atoms with Gasteiger partial charge in [0.05, 0.1) is 19.9 Å². The number of carbonyl (C=O) groups is 1. The molecule has 8 nitrogen and oxygen atoms in total. The predicted molar refractivity (Wildman–Crippen MR) is 126 cm³/mol. The van der Waals surface area contributed by atoms with Gasteiger partial charge in [-0.2, -0.15) is 0 Å². The fourth-order valence-electron chi connectivity index (χ4n) is 3.77. The first-order chi connectivity index (χ1) is 15.4. The lowest BCUT2D eigenvalue weighted by Crippen LogP contribution is -2.51. The maximum atomic E-state index is 13.1. The van der Waals surface area contributed by atoms with Gasteiger partial charge >= 0.3 is 0 Å². The van der Waals surface area contributed by atoms with Gasteiger partial charge in [0.2, 0.25) is 5.60 Å². The normalized spacial score (nSPS) is 17.9. The Morgan fingerprint density at radius 1 is 1.28 bits per heavy atom. The molecule has 1 unspecified atom stereocenters. The van der Waals surface area contributed by atoms with Crippen molar-refractivity contribution in [3.8, 4) is 11.5 Å². The third kappa shape index (κ3) is 4.68. The molecule has 9 heteroatoms. The van der Waals surface area contributed by atoms with E-state index in [1.807, 2.05) is 32.9 Å². The molecule has 32 heavy (non-hydrogen) atoms. The molecule has 3 rings (SSSR count). The molecule has 0 radical (unpaired) electrons. The average molecular weight is 508 g/mol. The van der Waals surface area contributed by atoms with Crippen LogP contribution in [0.25, 0.3) is 10.9 Å². The van der Waals surface area contributed by atoms with E-state index in [0.717, 1.165) is 16.3 Å². The third-order valence-corrected chi connectivity index (χ3v) is 6.02.